The fraction of sp³-hybridized carbons (Fsp3) is 0.222. The van der Waals surface area contributed by atoms with Crippen molar-refractivity contribution in [1.82, 2.24) is 4.90 Å². The van der Waals surface area contributed by atoms with E-state index in [1.165, 1.54) is 11.1 Å². The number of aromatic hydroxyl groups is 1. The summed E-state index contributed by atoms with van der Waals surface area (Å²) in [4.78, 5) is 2.38. The van der Waals surface area contributed by atoms with Crippen LogP contribution in [-0.4, -0.2) is 21.7 Å². The summed E-state index contributed by atoms with van der Waals surface area (Å²) in [6.07, 6.45) is 4.15. The molecule has 3 rings (SSSR count). The van der Waals surface area contributed by atoms with Crippen molar-refractivity contribution >= 4 is 6.08 Å². The summed E-state index contributed by atoms with van der Waals surface area (Å²) >= 11 is 0. The fourth-order valence-electron chi connectivity index (χ4n) is 2.71. The van der Waals surface area contributed by atoms with Gasteiger partial charge in [0.2, 0.25) is 0 Å². The SMILES string of the molecule is OCc1cc(/C=C/CN2Cc3ccccc3C2)ccc1O. The van der Waals surface area contributed by atoms with Crippen molar-refractivity contribution in [2.75, 3.05) is 6.54 Å². The van der Waals surface area contributed by atoms with Gasteiger partial charge < -0.3 is 10.2 Å². The molecule has 0 atom stereocenters. The van der Waals surface area contributed by atoms with E-state index in [0.717, 1.165) is 25.2 Å². The molecule has 108 valence electrons. The third-order valence-corrected chi connectivity index (χ3v) is 3.85. The molecule has 0 saturated heterocycles. The van der Waals surface area contributed by atoms with Gasteiger partial charge in [-0.2, -0.15) is 0 Å². The van der Waals surface area contributed by atoms with E-state index in [2.05, 4.69) is 35.2 Å². The zero-order chi connectivity index (χ0) is 14.7. The van der Waals surface area contributed by atoms with Crippen LogP contribution in [0.1, 0.15) is 22.3 Å². The summed E-state index contributed by atoms with van der Waals surface area (Å²) in [5, 5.41) is 18.7. The molecule has 3 nitrogen and oxygen atoms in total. The molecule has 1 aliphatic rings. The normalized spacial score (nSPS) is 14.7. The van der Waals surface area contributed by atoms with Crippen molar-refractivity contribution < 1.29 is 10.2 Å². The van der Waals surface area contributed by atoms with E-state index in [9.17, 15) is 5.11 Å². The summed E-state index contributed by atoms with van der Waals surface area (Å²) in [7, 11) is 0. The van der Waals surface area contributed by atoms with Crippen LogP contribution in [0.15, 0.2) is 48.5 Å². The highest BCUT2D eigenvalue weighted by molar-refractivity contribution is 5.53. The minimum Gasteiger partial charge on any atom is -0.508 e. The maximum Gasteiger partial charge on any atom is 0.121 e. The second kappa shape index (κ2) is 6.12. The summed E-state index contributed by atoms with van der Waals surface area (Å²) in [5.41, 5.74) is 4.38. The average Bonchev–Trinajstić information content (AvgIpc) is 2.91. The number of aliphatic hydroxyl groups excluding tert-OH is 1. The van der Waals surface area contributed by atoms with E-state index in [1.807, 2.05) is 18.2 Å². The Morgan fingerprint density at radius 2 is 1.76 bits per heavy atom. The van der Waals surface area contributed by atoms with Crippen LogP contribution in [0.5, 0.6) is 5.75 Å². The lowest BCUT2D eigenvalue weighted by atomic mass is 10.1. The lowest BCUT2D eigenvalue weighted by molar-refractivity contribution is 0.275. The molecule has 2 N–H and O–H groups in total. The van der Waals surface area contributed by atoms with Crippen LogP contribution >= 0.6 is 0 Å². The van der Waals surface area contributed by atoms with Gasteiger partial charge in [-0.15, -0.1) is 0 Å². The van der Waals surface area contributed by atoms with E-state index in [4.69, 9.17) is 5.11 Å². The molecule has 0 radical (unpaired) electrons. The minimum atomic E-state index is -0.144. The second-order valence-corrected chi connectivity index (χ2v) is 5.39. The molecule has 0 fully saturated rings. The zero-order valence-corrected chi connectivity index (χ0v) is 11.9. The highest BCUT2D eigenvalue weighted by Crippen LogP contribution is 2.22. The topological polar surface area (TPSA) is 43.7 Å². The number of phenols is 1. The minimum absolute atomic E-state index is 0.143. The van der Waals surface area contributed by atoms with Crippen LogP contribution in [0, 0.1) is 0 Å². The molecule has 2 aromatic rings. The standard InChI is InChI=1S/C18H19NO2/c20-13-17-10-14(7-8-18(17)21)4-3-9-19-11-15-5-1-2-6-16(15)12-19/h1-8,10,20-21H,9,11-13H2/b4-3+. The molecular weight excluding hydrogens is 262 g/mol. The Labute approximate surface area is 124 Å². The van der Waals surface area contributed by atoms with Crippen molar-refractivity contribution in [1.29, 1.82) is 0 Å². The highest BCUT2D eigenvalue weighted by atomic mass is 16.3. The number of hydrogen-bond acceptors (Lipinski definition) is 3. The van der Waals surface area contributed by atoms with Crippen molar-refractivity contribution in [3.05, 3.63) is 70.8 Å². The van der Waals surface area contributed by atoms with E-state index in [1.54, 1.807) is 6.07 Å². The van der Waals surface area contributed by atoms with Gasteiger partial charge in [0.15, 0.2) is 0 Å². The molecule has 0 aromatic heterocycles. The van der Waals surface area contributed by atoms with Gasteiger partial charge in [-0.05, 0) is 28.8 Å². The zero-order valence-electron chi connectivity index (χ0n) is 11.9. The third kappa shape index (κ3) is 3.15. The monoisotopic (exact) mass is 281 g/mol. The first-order chi connectivity index (χ1) is 10.3. The lowest BCUT2D eigenvalue weighted by Gasteiger charge is -2.11. The molecule has 0 bridgehead atoms. The molecule has 0 unspecified atom stereocenters. The van der Waals surface area contributed by atoms with E-state index in [-0.39, 0.29) is 12.4 Å². The summed E-state index contributed by atoms with van der Waals surface area (Å²) in [6, 6.07) is 13.8. The molecular formula is C18H19NO2. The van der Waals surface area contributed by atoms with Gasteiger partial charge in [0, 0.05) is 25.2 Å². The van der Waals surface area contributed by atoms with E-state index in [0.29, 0.717) is 5.56 Å². The molecule has 1 aliphatic heterocycles. The molecule has 21 heavy (non-hydrogen) atoms. The van der Waals surface area contributed by atoms with Crippen molar-refractivity contribution in [2.24, 2.45) is 0 Å². The predicted octanol–water partition coefficient (Wildman–Crippen LogP) is 2.91. The number of fused-ring (bicyclic) bond motifs is 1. The van der Waals surface area contributed by atoms with Gasteiger partial charge >= 0.3 is 0 Å². The van der Waals surface area contributed by atoms with Crippen LogP contribution in [0.25, 0.3) is 6.08 Å². The Balaban J connectivity index is 1.61. The number of aliphatic hydroxyl groups is 1. The van der Waals surface area contributed by atoms with Gasteiger partial charge in [0.25, 0.3) is 0 Å². The molecule has 0 aliphatic carbocycles. The average molecular weight is 281 g/mol. The van der Waals surface area contributed by atoms with Crippen LogP contribution in [0.2, 0.25) is 0 Å². The first kappa shape index (κ1) is 13.9. The number of nitrogens with zero attached hydrogens (tertiary/aromatic N) is 1. The maximum absolute atomic E-state index is 9.54. The maximum atomic E-state index is 9.54. The summed E-state index contributed by atoms with van der Waals surface area (Å²) < 4.78 is 0. The Bertz CT molecular complexity index is 639. The molecule has 0 spiro atoms. The lowest BCUT2D eigenvalue weighted by Crippen LogP contribution is -2.15. The number of rotatable bonds is 4. The smallest absolute Gasteiger partial charge is 0.121 e. The third-order valence-electron chi connectivity index (χ3n) is 3.85. The van der Waals surface area contributed by atoms with Crippen LogP contribution in [0.4, 0.5) is 0 Å². The van der Waals surface area contributed by atoms with Crippen molar-refractivity contribution in [2.45, 2.75) is 19.7 Å². The quantitative estimate of drug-likeness (QED) is 0.905. The van der Waals surface area contributed by atoms with Crippen molar-refractivity contribution in [3.8, 4) is 5.75 Å². The van der Waals surface area contributed by atoms with Crippen LogP contribution < -0.4 is 0 Å². The van der Waals surface area contributed by atoms with Gasteiger partial charge in [0.05, 0.1) is 6.61 Å². The predicted molar refractivity (Wildman–Crippen MR) is 83.6 cm³/mol. The molecule has 3 heteroatoms. The van der Waals surface area contributed by atoms with Gasteiger partial charge in [0.1, 0.15) is 5.75 Å². The Morgan fingerprint density at radius 3 is 2.43 bits per heavy atom. The van der Waals surface area contributed by atoms with Gasteiger partial charge in [-0.1, -0.05) is 42.5 Å². The Morgan fingerprint density at radius 1 is 1.05 bits per heavy atom. The van der Waals surface area contributed by atoms with Crippen molar-refractivity contribution in [3.63, 3.8) is 0 Å². The Kier molecular flexibility index (Phi) is 4.04. The molecule has 1 heterocycles. The second-order valence-electron chi connectivity index (χ2n) is 5.39. The van der Waals surface area contributed by atoms with Crippen LogP contribution in [-0.2, 0) is 19.7 Å². The fourth-order valence-corrected chi connectivity index (χ4v) is 2.71. The highest BCUT2D eigenvalue weighted by Gasteiger charge is 2.16. The van der Waals surface area contributed by atoms with Gasteiger partial charge in [-0.25, -0.2) is 0 Å². The van der Waals surface area contributed by atoms with Crippen LogP contribution in [0.3, 0.4) is 0 Å². The summed E-state index contributed by atoms with van der Waals surface area (Å²) in [5.74, 6) is 0.143. The molecule has 0 saturated carbocycles. The number of benzene rings is 2. The Hall–Kier alpha value is -2.10. The molecule has 2 aromatic carbocycles. The molecule has 0 amide bonds. The largest absolute Gasteiger partial charge is 0.508 e. The number of hydrogen-bond donors (Lipinski definition) is 2. The van der Waals surface area contributed by atoms with E-state index < -0.39 is 0 Å². The first-order valence-corrected chi connectivity index (χ1v) is 7.14. The first-order valence-electron chi connectivity index (χ1n) is 7.14. The van der Waals surface area contributed by atoms with Gasteiger partial charge in [-0.3, -0.25) is 4.90 Å². The van der Waals surface area contributed by atoms with E-state index >= 15 is 0 Å². The summed E-state index contributed by atoms with van der Waals surface area (Å²) in [6.45, 7) is 2.74.